The van der Waals surface area contributed by atoms with E-state index in [9.17, 15) is 0 Å². The zero-order chi connectivity index (χ0) is 14.5. The molecule has 1 aromatic rings. The van der Waals surface area contributed by atoms with Gasteiger partial charge >= 0.3 is 0 Å². The maximum atomic E-state index is 5.81. The van der Waals surface area contributed by atoms with Crippen LogP contribution in [0.5, 0.6) is 5.75 Å². The number of morpholine rings is 1. The van der Waals surface area contributed by atoms with E-state index in [2.05, 4.69) is 35.3 Å². The molecule has 0 bridgehead atoms. The molecule has 0 saturated carbocycles. The third kappa shape index (κ3) is 3.57. The molecule has 2 aliphatic heterocycles. The number of hydrogen-bond acceptors (Lipinski definition) is 4. The number of ether oxygens (including phenoxy) is 2. The first-order chi connectivity index (χ1) is 10.4. The van der Waals surface area contributed by atoms with Crippen molar-refractivity contribution in [2.24, 2.45) is 0 Å². The lowest BCUT2D eigenvalue weighted by Gasteiger charge is -2.37. The minimum Gasteiger partial charge on any atom is -0.493 e. The van der Waals surface area contributed by atoms with Gasteiger partial charge in [-0.2, -0.15) is 0 Å². The molecule has 1 aromatic carbocycles. The van der Waals surface area contributed by atoms with Crippen LogP contribution in [0.15, 0.2) is 24.3 Å². The standard InChI is InChI=1S/C17H26N2O2/c1-2-7-18-10-15-13-20-9-8-19(15)11-14-12-21-17-6-4-3-5-16(14)17/h3-6,14-15,18H,2,7-13H2,1H3. The highest BCUT2D eigenvalue weighted by Gasteiger charge is 2.30. The predicted molar refractivity (Wildman–Crippen MR) is 84.0 cm³/mol. The van der Waals surface area contributed by atoms with Crippen molar-refractivity contribution in [1.82, 2.24) is 10.2 Å². The van der Waals surface area contributed by atoms with Gasteiger partial charge in [0.05, 0.1) is 19.8 Å². The summed E-state index contributed by atoms with van der Waals surface area (Å²) in [5.74, 6) is 1.56. The molecule has 0 amide bonds. The van der Waals surface area contributed by atoms with Crippen LogP contribution < -0.4 is 10.1 Å². The highest BCUT2D eigenvalue weighted by molar-refractivity contribution is 5.39. The summed E-state index contributed by atoms with van der Waals surface area (Å²) in [4.78, 5) is 2.57. The molecular formula is C17H26N2O2. The molecule has 0 spiro atoms. The lowest BCUT2D eigenvalue weighted by Crippen LogP contribution is -2.51. The van der Waals surface area contributed by atoms with Crippen molar-refractivity contribution in [2.45, 2.75) is 25.3 Å². The molecule has 4 heteroatoms. The molecule has 2 heterocycles. The second kappa shape index (κ2) is 7.25. The molecule has 0 aliphatic carbocycles. The van der Waals surface area contributed by atoms with Crippen LogP contribution in [0.3, 0.4) is 0 Å². The van der Waals surface area contributed by atoms with Crippen molar-refractivity contribution in [2.75, 3.05) is 46.0 Å². The average molecular weight is 290 g/mol. The van der Waals surface area contributed by atoms with Gasteiger partial charge < -0.3 is 14.8 Å². The van der Waals surface area contributed by atoms with Crippen LogP contribution in [0.4, 0.5) is 0 Å². The maximum Gasteiger partial charge on any atom is 0.122 e. The van der Waals surface area contributed by atoms with Gasteiger partial charge in [-0.15, -0.1) is 0 Å². The summed E-state index contributed by atoms with van der Waals surface area (Å²) in [6.45, 7) is 8.89. The van der Waals surface area contributed by atoms with E-state index in [1.165, 1.54) is 12.0 Å². The Morgan fingerprint density at radius 1 is 1.29 bits per heavy atom. The molecule has 2 unspecified atom stereocenters. The molecule has 2 atom stereocenters. The first-order valence-electron chi connectivity index (χ1n) is 8.12. The van der Waals surface area contributed by atoms with Gasteiger partial charge in [-0.1, -0.05) is 25.1 Å². The van der Waals surface area contributed by atoms with Gasteiger partial charge in [0.25, 0.3) is 0 Å². The number of fused-ring (bicyclic) bond motifs is 1. The minimum absolute atomic E-state index is 0.484. The highest BCUT2D eigenvalue weighted by atomic mass is 16.5. The minimum atomic E-state index is 0.484. The normalized spacial score (nSPS) is 25.6. The number of benzene rings is 1. The van der Waals surface area contributed by atoms with E-state index in [-0.39, 0.29) is 0 Å². The van der Waals surface area contributed by atoms with Crippen LogP contribution in [0.1, 0.15) is 24.8 Å². The second-order valence-electron chi connectivity index (χ2n) is 5.97. The van der Waals surface area contributed by atoms with Crippen molar-refractivity contribution in [1.29, 1.82) is 0 Å². The Labute approximate surface area is 127 Å². The zero-order valence-corrected chi connectivity index (χ0v) is 12.9. The van der Waals surface area contributed by atoms with E-state index in [4.69, 9.17) is 9.47 Å². The summed E-state index contributed by atoms with van der Waals surface area (Å²) in [5, 5.41) is 3.53. The van der Waals surface area contributed by atoms with Crippen molar-refractivity contribution in [3.63, 3.8) is 0 Å². The van der Waals surface area contributed by atoms with E-state index in [0.29, 0.717) is 12.0 Å². The predicted octanol–water partition coefficient (Wildman–Crippen LogP) is 1.86. The molecule has 21 heavy (non-hydrogen) atoms. The molecular weight excluding hydrogens is 264 g/mol. The van der Waals surface area contributed by atoms with Gasteiger partial charge in [0.1, 0.15) is 5.75 Å². The number of rotatable bonds is 6. The van der Waals surface area contributed by atoms with E-state index in [1.54, 1.807) is 0 Å². The van der Waals surface area contributed by atoms with Gasteiger partial charge in [-0.3, -0.25) is 4.90 Å². The number of hydrogen-bond donors (Lipinski definition) is 1. The van der Waals surface area contributed by atoms with Gasteiger partial charge in [0.2, 0.25) is 0 Å². The Bertz CT molecular complexity index is 452. The van der Waals surface area contributed by atoms with E-state index in [0.717, 1.165) is 51.7 Å². The molecule has 1 saturated heterocycles. The number of nitrogens with zero attached hydrogens (tertiary/aromatic N) is 1. The molecule has 0 aromatic heterocycles. The molecule has 2 aliphatic rings. The summed E-state index contributed by atoms with van der Waals surface area (Å²) in [5.41, 5.74) is 1.37. The number of nitrogens with one attached hydrogen (secondary N) is 1. The summed E-state index contributed by atoms with van der Waals surface area (Å²) in [6.07, 6.45) is 1.18. The van der Waals surface area contributed by atoms with Crippen LogP contribution in [0.25, 0.3) is 0 Å². The van der Waals surface area contributed by atoms with Crippen LogP contribution in [0, 0.1) is 0 Å². The SMILES string of the molecule is CCCNCC1COCCN1CC1COc2ccccc21. The van der Waals surface area contributed by atoms with Crippen LogP contribution >= 0.6 is 0 Å². The van der Waals surface area contributed by atoms with E-state index >= 15 is 0 Å². The Hall–Kier alpha value is -1.10. The van der Waals surface area contributed by atoms with Gasteiger partial charge in [0, 0.05) is 37.2 Å². The summed E-state index contributed by atoms with van der Waals surface area (Å²) in [6, 6.07) is 8.93. The first kappa shape index (κ1) is 14.8. The zero-order valence-electron chi connectivity index (χ0n) is 12.9. The van der Waals surface area contributed by atoms with Crippen LogP contribution in [-0.4, -0.2) is 56.9 Å². The highest BCUT2D eigenvalue weighted by Crippen LogP contribution is 2.34. The van der Waals surface area contributed by atoms with Crippen LogP contribution in [0.2, 0.25) is 0 Å². The molecule has 3 rings (SSSR count). The van der Waals surface area contributed by atoms with Crippen LogP contribution in [-0.2, 0) is 4.74 Å². The third-order valence-electron chi connectivity index (χ3n) is 4.41. The van der Waals surface area contributed by atoms with Crippen molar-refractivity contribution < 1.29 is 9.47 Å². The Kier molecular flexibility index (Phi) is 5.12. The fraction of sp³-hybridized carbons (Fsp3) is 0.647. The summed E-state index contributed by atoms with van der Waals surface area (Å²) >= 11 is 0. The quantitative estimate of drug-likeness (QED) is 0.811. The molecule has 116 valence electrons. The first-order valence-corrected chi connectivity index (χ1v) is 8.12. The second-order valence-corrected chi connectivity index (χ2v) is 5.97. The third-order valence-corrected chi connectivity index (χ3v) is 4.41. The van der Waals surface area contributed by atoms with E-state index < -0.39 is 0 Å². The van der Waals surface area contributed by atoms with Crippen molar-refractivity contribution >= 4 is 0 Å². The Balaban J connectivity index is 1.60. The molecule has 0 radical (unpaired) electrons. The lowest BCUT2D eigenvalue weighted by atomic mass is 10.00. The molecule has 4 nitrogen and oxygen atoms in total. The summed E-state index contributed by atoms with van der Waals surface area (Å²) < 4.78 is 11.5. The fourth-order valence-electron chi connectivity index (χ4n) is 3.23. The van der Waals surface area contributed by atoms with Gasteiger partial charge in [-0.05, 0) is 19.0 Å². The smallest absolute Gasteiger partial charge is 0.122 e. The largest absolute Gasteiger partial charge is 0.493 e. The van der Waals surface area contributed by atoms with Gasteiger partial charge in [0.15, 0.2) is 0 Å². The van der Waals surface area contributed by atoms with E-state index in [1.807, 2.05) is 6.07 Å². The fourth-order valence-corrected chi connectivity index (χ4v) is 3.23. The maximum absolute atomic E-state index is 5.81. The van der Waals surface area contributed by atoms with Gasteiger partial charge in [-0.25, -0.2) is 0 Å². The summed E-state index contributed by atoms with van der Waals surface area (Å²) in [7, 11) is 0. The monoisotopic (exact) mass is 290 g/mol. The lowest BCUT2D eigenvalue weighted by molar-refractivity contribution is -0.0101. The topological polar surface area (TPSA) is 33.7 Å². The van der Waals surface area contributed by atoms with Crippen molar-refractivity contribution in [3.8, 4) is 5.75 Å². The number of para-hydroxylation sites is 1. The Morgan fingerprint density at radius 3 is 3.10 bits per heavy atom. The average Bonchev–Trinajstić information content (AvgIpc) is 2.93. The molecule has 1 N–H and O–H groups in total. The molecule has 1 fully saturated rings. The Morgan fingerprint density at radius 2 is 2.19 bits per heavy atom. The van der Waals surface area contributed by atoms with Crippen molar-refractivity contribution in [3.05, 3.63) is 29.8 Å².